The van der Waals surface area contributed by atoms with E-state index in [0.717, 1.165) is 11.3 Å². The minimum Gasteiger partial charge on any atom is -0.484 e. The second-order valence-electron chi connectivity index (χ2n) is 4.77. The van der Waals surface area contributed by atoms with Crippen molar-refractivity contribution in [2.24, 2.45) is 0 Å². The van der Waals surface area contributed by atoms with Gasteiger partial charge in [0.05, 0.1) is 11.9 Å². The molecule has 0 bridgehead atoms. The van der Waals surface area contributed by atoms with Gasteiger partial charge in [0.15, 0.2) is 6.61 Å². The average Bonchev–Trinajstić information content (AvgIpc) is 2.43. The standard InChI is InChI=1S/C16H18N2O2/c1-11-4-7-15(8-12(11)2)20-10-16(19)18-14-6-5-13(3)17-9-14/h4-9H,10H2,1-3H3,(H,18,19). The highest BCUT2D eigenvalue weighted by Crippen LogP contribution is 2.16. The van der Waals surface area contributed by atoms with E-state index in [1.165, 1.54) is 5.56 Å². The molecule has 0 unspecified atom stereocenters. The molecular formula is C16H18N2O2. The van der Waals surface area contributed by atoms with E-state index in [1.807, 2.05) is 51.1 Å². The molecule has 4 heteroatoms. The van der Waals surface area contributed by atoms with Crippen molar-refractivity contribution in [3.63, 3.8) is 0 Å². The van der Waals surface area contributed by atoms with Gasteiger partial charge in [-0.3, -0.25) is 9.78 Å². The van der Waals surface area contributed by atoms with Gasteiger partial charge < -0.3 is 10.1 Å². The van der Waals surface area contributed by atoms with Gasteiger partial charge in [-0.15, -0.1) is 0 Å². The van der Waals surface area contributed by atoms with Crippen LogP contribution in [0.15, 0.2) is 36.5 Å². The second-order valence-corrected chi connectivity index (χ2v) is 4.77. The number of hydrogen-bond acceptors (Lipinski definition) is 3. The van der Waals surface area contributed by atoms with Crippen LogP contribution < -0.4 is 10.1 Å². The summed E-state index contributed by atoms with van der Waals surface area (Å²) in [4.78, 5) is 15.9. The molecule has 104 valence electrons. The molecule has 1 N–H and O–H groups in total. The number of ether oxygens (including phenoxy) is 1. The summed E-state index contributed by atoms with van der Waals surface area (Å²) < 4.78 is 5.47. The third-order valence-electron chi connectivity index (χ3n) is 3.04. The SMILES string of the molecule is Cc1ccc(NC(=O)COc2ccc(C)c(C)c2)cn1. The molecule has 0 radical (unpaired) electrons. The van der Waals surface area contributed by atoms with Gasteiger partial charge in [-0.1, -0.05) is 6.07 Å². The third kappa shape index (κ3) is 3.82. The summed E-state index contributed by atoms with van der Waals surface area (Å²) in [5.74, 6) is 0.499. The number of nitrogens with one attached hydrogen (secondary N) is 1. The Morgan fingerprint density at radius 2 is 1.95 bits per heavy atom. The number of amides is 1. The van der Waals surface area contributed by atoms with E-state index in [9.17, 15) is 4.79 Å². The quantitative estimate of drug-likeness (QED) is 0.929. The normalized spacial score (nSPS) is 10.2. The highest BCUT2D eigenvalue weighted by atomic mass is 16.5. The summed E-state index contributed by atoms with van der Waals surface area (Å²) in [6, 6.07) is 9.43. The molecule has 1 heterocycles. The molecule has 0 fully saturated rings. The summed E-state index contributed by atoms with van der Waals surface area (Å²) in [7, 11) is 0. The second kappa shape index (κ2) is 6.19. The van der Waals surface area contributed by atoms with Crippen LogP contribution in [-0.4, -0.2) is 17.5 Å². The van der Waals surface area contributed by atoms with Crippen LogP contribution in [0, 0.1) is 20.8 Å². The first-order chi connectivity index (χ1) is 9.54. The van der Waals surface area contributed by atoms with Crippen molar-refractivity contribution in [1.82, 2.24) is 4.98 Å². The number of rotatable bonds is 4. The Morgan fingerprint density at radius 1 is 1.15 bits per heavy atom. The molecule has 0 atom stereocenters. The smallest absolute Gasteiger partial charge is 0.262 e. The molecule has 2 rings (SSSR count). The molecular weight excluding hydrogens is 252 g/mol. The van der Waals surface area contributed by atoms with Crippen molar-refractivity contribution < 1.29 is 9.53 Å². The number of carbonyl (C=O) groups is 1. The lowest BCUT2D eigenvalue weighted by Gasteiger charge is -2.09. The molecule has 0 spiro atoms. The van der Waals surface area contributed by atoms with E-state index in [0.29, 0.717) is 11.4 Å². The molecule has 2 aromatic rings. The van der Waals surface area contributed by atoms with Gasteiger partial charge in [-0.25, -0.2) is 0 Å². The van der Waals surface area contributed by atoms with E-state index in [1.54, 1.807) is 6.20 Å². The van der Waals surface area contributed by atoms with Crippen LogP contribution in [0.25, 0.3) is 0 Å². The largest absolute Gasteiger partial charge is 0.484 e. The van der Waals surface area contributed by atoms with E-state index in [4.69, 9.17) is 4.74 Å². The zero-order valence-electron chi connectivity index (χ0n) is 11.9. The Bertz CT molecular complexity index is 606. The Morgan fingerprint density at radius 3 is 2.60 bits per heavy atom. The summed E-state index contributed by atoms with van der Waals surface area (Å²) in [6.07, 6.45) is 1.63. The maximum absolute atomic E-state index is 11.8. The minimum absolute atomic E-state index is 0.0175. The number of benzene rings is 1. The zero-order chi connectivity index (χ0) is 14.5. The minimum atomic E-state index is -0.200. The van der Waals surface area contributed by atoms with Crippen molar-refractivity contribution >= 4 is 11.6 Å². The fourth-order valence-corrected chi connectivity index (χ4v) is 1.69. The molecule has 0 aliphatic rings. The summed E-state index contributed by atoms with van der Waals surface area (Å²) in [5, 5.41) is 2.74. The van der Waals surface area contributed by atoms with Crippen LogP contribution in [0.2, 0.25) is 0 Å². The summed E-state index contributed by atoms with van der Waals surface area (Å²) >= 11 is 0. The van der Waals surface area contributed by atoms with Crippen LogP contribution in [0.4, 0.5) is 5.69 Å². The van der Waals surface area contributed by atoms with Crippen LogP contribution in [0.1, 0.15) is 16.8 Å². The van der Waals surface area contributed by atoms with Gasteiger partial charge in [-0.2, -0.15) is 0 Å². The summed E-state index contributed by atoms with van der Waals surface area (Å²) in [6.45, 7) is 5.93. The molecule has 4 nitrogen and oxygen atoms in total. The maximum Gasteiger partial charge on any atom is 0.262 e. The number of aryl methyl sites for hydroxylation is 3. The molecule has 1 aromatic heterocycles. The van der Waals surface area contributed by atoms with Crippen LogP contribution >= 0.6 is 0 Å². The molecule has 1 aromatic carbocycles. The monoisotopic (exact) mass is 270 g/mol. The van der Waals surface area contributed by atoms with E-state index in [-0.39, 0.29) is 12.5 Å². The molecule has 20 heavy (non-hydrogen) atoms. The molecule has 0 aliphatic heterocycles. The van der Waals surface area contributed by atoms with Crippen molar-refractivity contribution in [1.29, 1.82) is 0 Å². The van der Waals surface area contributed by atoms with Gasteiger partial charge in [-0.05, 0) is 56.2 Å². The lowest BCUT2D eigenvalue weighted by molar-refractivity contribution is -0.118. The van der Waals surface area contributed by atoms with Gasteiger partial charge in [0, 0.05) is 5.69 Å². The van der Waals surface area contributed by atoms with Crippen molar-refractivity contribution in [2.45, 2.75) is 20.8 Å². The number of carbonyl (C=O) groups excluding carboxylic acids is 1. The van der Waals surface area contributed by atoms with Crippen molar-refractivity contribution in [3.05, 3.63) is 53.3 Å². The lowest BCUT2D eigenvalue weighted by atomic mass is 10.1. The fourth-order valence-electron chi connectivity index (χ4n) is 1.69. The third-order valence-corrected chi connectivity index (χ3v) is 3.04. The first-order valence-corrected chi connectivity index (χ1v) is 6.47. The maximum atomic E-state index is 11.8. The van der Waals surface area contributed by atoms with E-state index in [2.05, 4.69) is 10.3 Å². The lowest BCUT2D eigenvalue weighted by Crippen LogP contribution is -2.20. The first kappa shape index (κ1) is 14.1. The number of anilines is 1. The number of aromatic nitrogens is 1. The number of pyridine rings is 1. The Balaban J connectivity index is 1.88. The Kier molecular flexibility index (Phi) is 4.35. The highest BCUT2D eigenvalue weighted by Gasteiger charge is 2.04. The first-order valence-electron chi connectivity index (χ1n) is 6.47. The average molecular weight is 270 g/mol. The van der Waals surface area contributed by atoms with E-state index >= 15 is 0 Å². The van der Waals surface area contributed by atoms with Crippen LogP contribution in [0.5, 0.6) is 5.75 Å². The molecule has 1 amide bonds. The number of hydrogen-bond donors (Lipinski definition) is 1. The topological polar surface area (TPSA) is 51.2 Å². The number of nitrogens with zero attached hydrogens (tertiary/aromatic N) is 1. The Hall–Kier alpha value is -2.36. The predicted molar refractivity (Wildman–Crippen MR) is 79.0 cm³/mol. The molecule has 0 saturated heterocycles. The van der Waals surface area contributed by atoms with Crippen molar-refractivity contribution in [3.8, 4) is 5.75 Å². The highest BCUT2D eigenvalue weighted by molar-refractivity contribution is 5.91. The van der Waals surface area contributed by atoms with Crippen LogP contribution in [-0.2, 0) is 4.79 Å². The molecule has 0 saturated carbocycles. The van der Waals surface area contributed by atoms with Gasteiger partial charge in [0.1, 0.15) is 5.75 Å². The zero-order valence-corrected chi connectivity index (χ0v) is 11.9. The van der Waals surface area contributed by atoms with Gasteiger partial charge in [0.2, 0.25) is 0 Å². The van der Waals surface area contributed by atoms with E-state index < -0.39 is 0 Å². The van der Waals surface area contributed by atoms with Crippen molar-refractivity contribution in [2.75, 3.05) is 11.9 Å². The van der Waals surface area contributed by atoms with Gasteiger partial charge >= 0.3 is 0 Å². The fraction of sp³-hybridized carbons (Fsp3) is 0.250. The predicted octanol–water partition coefficient (Wildman–Crippen LogP) is 3.02. The Labute approximate surface area is 118 Å². The summed E-state index contributed by atoms with van der Waals surface area (Å²) in [5.41, 5.74) is 3.93. The van der Waals surface area contributed by atoms with Gasteiger partial charge in [0.25, 0.3) is 5.91 Å². The van der Waals surface area contributed by atoms with Crippen LogP contribution in [0.3, 0.4) is 0 Å². The molecule has 0 aliphatic carbocycles.